The molecule has 0 spiro atoms. The van der Waals surface area contributed by atoms with Crippen molar-refractivity contribution in [2.75, 3.05) is 6.54 Å². The lowest BCUT2D eigenvalue weighted by Gasteiger charge is -2.22. The zero-order chi connectivity index (χ0) is 17.6. The van der Waals surface area contributed by atoms with Gasteiger partial charge in [-0.05, 0) is 49.6 Å². The summed E-state index contributed by atoms with van der Waals surface area (Å²) in [7, 11) is 0. The van der Waals surface area contributed by atoms with Crippen LogP contribution in [0.3, 0.4) is 0 Å². The first-order valence-corrected chi connectivity index (χ1v) is 9.06. The number of aryl methyl sites for hydroxylation is 1. The van der Waals surface area contributed by atoms with Crippen molar-refractivity contribution in [3.63, 3.8) is 0 Å². The Hall–Kier alpha value is -2.10. The van der Waals surface area contributed by atoms with Crippen LogP contribution >= 0.6 is 11.6 Å². The van der Waals surface area contributed by atoms with Crippen LogP contribution < -0.4 is 5.73 Å². The number of aromatic nitrogens is 2. The van der Waals surface area contributed by atoms with Crippen molar-refractivity contribution in [1.82, 2.24) is 9.55 Å². The van der Waals surface area contributed by atoms with Crippen molar-refractivity contribution in [2.24, 2.45) is 5.73 Å². The monoisotopic (exact) mass is 353 g/mol. The van der Waals surface area contributed by atoms with Crippen LogP contribution in [0.25, 0.3) is 0 Å². The first-order chi connectivity index (χ1) is 12.2. The van der Waals surface area contributed by atoms with Crippen molar-refractivity contribution in [2.45, 2.75) is 32.2 Å². The predicted molar refractivity (Wildman–Crippen MR) is 104 cm³/mol. The van der Waals surface area contributed by atoms with E-state index < -0.39 is 0 Å². The summed E-state index contributed by atoms with van der Waals surface area (Å²) in [5, 5.41) is 0.766. The fourth-order valence-corrected chi connectivity index (χ4v) is 3.44. The molecule has 4 heteroatoms. The van der Waals surface area contributed by atoms with Gasteiger partial charge in [0, 0.05) is 29.4 Å². The molecule has 0 fully saturated rings. The highest BCUT2D eigenvalue weighted by atomic mass is 35.5. The van der Waals surface area contributed by atoms with Crippen LogP contribution in [0.15, 0.2) is 60.8 Å². The van der Waals surface area contributed by atoms with E-state index >= 15 is 0 Å². The summed E-state index contributed by atoms with van der Waals surface area (Å²) >= 11 is 6.01. The summed E-state index contributed by atoms with van der Waals surface area (Å²) in [5.74, 6) is 1.09. The predicted octanol–water partition coefficient (Wildman–Crippen LogP) is 4.57. The van der Waals surface area contributed by atoms with E-state index in [4.69, 9.17) is 17.3 Å². The second-order valence-electron chi connectivity index (χ2n) is 6.41. The van der Waals surface area contributed by atoms with Gasteiger partial charge in [0.1, 0.15) is 5.82 Å². The second kappa shape index (κ2) is 8.32. The highest BCUT2D eigenvalue weighted by Gasteiger charge is 2.18. The van der Waals surface area contributed by atoms with Gasteiger partial charge >= 0.3 is 0 Å². The molecule has 1 unspecified atom stereocenters. The van der Waals surface area contributed by atoms with Crippen LogP contribution in [0.1, 0.15) is 35.1 Å². The standard InChI is InChI=1S/C21H24ClN3/c1-16-15-24-21(14-17-5-3-2-4-6-17)25(16)20(11-12-23)13-18-7-9-19(22)10-8-18/h2-10,15,20H,11-14,23H2,1H3. The molecule has 0 aliphatic carbocycles. The Kier molecular flexibility index (Phi) is 5.90. The Morgan fingerprint density at radius 2 is 1.76 bits per heavy atom. The zero-order valence-electron chi connectivity index (χ0n) is 14.5. The molecular formula is C21H24ClN3. The Labute approximate surface area is 154 Å². The normalized spacial score (nSPS) is 12.3. The van der Waals surface area contributed by atoms with E-state index in [0.717, 1.165) is 30.1 Å². The minimum Gasteiger partial charge on any atom is -0.330 e. The van der Waals surface area contributed by atoms with E-state index in [1.807, 2.05) is 24.4 Å². The highest BCUT2D eigenvalue weighted by Crippen LogP contribution is 2.24. The summed E-state index contributed by atoms with van der Waals surface area (Å²) in [6, 6.07) is 18.8. The number of halogens is 1. The third-order valence-corrected chi connectivity index (χ3v) is 4.77. The van der Waals surface area contributed by atoms with E-state index in [2.05, 4.69) is 52.9 Å². The topological polar surface area (TPSA) is 43.8 Å². The molecular weight excluding hydrogens is 330 g/mol. The first-order valence-electron chi connectivity index (χ1n) is 8.68. The highest BCUT2D eigenvalue weighted by molar-refractivity contribution is 6.30. The van der Waals surface area contributed by atoms with E-state index in [0.29, 0.717) is 12.6 Å². The maximum absolute atomic E-state index is 6.01. The molecule has 3 nitrogen and oxygen atoms in total. The summed E-state index contributed by atoms with van der Waals surface area (Å²) in [4.78, 5) is 4.67. The Balaban J connectivity index is 1.88. The number of hydrogen-bond donors (Lipinski definition) is 1. The van der Waals surface area contributed by atoms with Crippen LogP contribution in [0.5, 0.6) is 0 Å². The fourth-order valence-electron chi connectivity index (χ4n) is 3.31. The Morgan fingerprint density at radius 1 is 1.04 bits per heavy atom. The summed E-state index contributed by atoms with van der Waals surface area (Å²) in [5.41, 5.74) is 9.63. The smallest absolute Gasteiger partial charge is 0.113 e. The lowest BCUT2D eigenvalue weighted by atomic mass is 10.0. The molecule has 25 heavy (non-hydrogen) atoms. The van der Waals surface area contributed by atoms with Crippen LogP contribution in [0.4, 0.5) is 0 Å². The van der Waals surface area contributed by atoms with Crippen LogP contribution in [0.2, 0.25) is 5.02 Å². The molecule has 1 heterocycles. The van der Waals surface area contributed by atoms with Gasteiger partial charge < -0.3 is 10.3 Å². The van der Waals surface area contributed by atoms with Gasteiger partial charge in [0.05, 0.1) is 0 Å². The molecule has 0 saturated heterocycles. The molecule has 3 aromatic rings. The van der Waals surface area contributed by atoms with Crippen LogP contribution in [0, 0.1) is 6.92 Å². The molecule has 1 atom stereocenters. The van der Waals surface area contributed by atoms with Crippen molar-refractivity contribution >= 4 is 11.6 Å². The van der Waals surface area contributed by atoms with Crippen LogP contribution in [-0.4, -0.2) is 16.1 Å². The lowest BCUT2D eigenvalue weighted by molar-refractivity contribution is 0.448. The number of hydrogen-bond acceptors (Lipinski definition) is 2. The van der Waals surface area contributed by atoms with E-state index in [1.165, 1.54) is 16.8 Å². The molecule has 0 aliphatic heterocycles. The SMILES string of the molecule is Cc1cnc(Cc2ccccc2)n1C(CCN)Cc1ccc(Cl)cc1. The number of nitrogens with zero attached hydrogens (tertiary/aromatic N) is 2. The van der Waals surface area contributed by atoms with Gasteiger partial charge in [-0.2, -0.15) is 0 Å². The minimum absolute atomic E-state index is 0.299. The molecule has 0 saturated carbocycles. The number of nitrogens with two attached hydrogens (primary N) is 1. The summed E-state index contributed by atoms with van der Waals surface area (Å²) in [6.45, 7) is 2.77. The van der Waals surface area contributed by atoms with Gasteiger partial charge in [-0.15, -0.1) is 0 Å². The van der Waals surface area contributed by atoms with Gasteiger partial charge in [0.2, 0.25) is 0 Å². The van der Waals surface area contributed by atoms with Gasteiger partial charge in [-0.1, -0.05) is 54.1 Å². The van der Waals surface area contributed by atoms with Crippen LogP contribution in [-0.2, 0) is 12.8 Å². The van der Waals surface area contributed by atoms with Crippen molar-refractivity contribution in [3.05, 3.63) is 88.5 Å². The molecule has 2 N–H and O–H groups in total. The fraction of sp³-hybridized carbons (Fsp3) is 0.286. The van der Waals surface area contributed by atoms with E-state index in [-0.39, 0.29) is 0 Å². The molecule has 1 aromatic heterocycles. The quantitative estimate of drug-likeness (QED) is 0.676. The molecule has 0 radical (unpaired) electrons. The third-order valence-electron chi connectivity index (χ3n) is 4.51. The average molecular weight is 354 g/mol. The minimum atomic E-state index is 0.299. The molecule has 0 bridgehead atoms. The average Bonchev–Trinajstić information content (AvgIpc) is 2.98. The van der Waals surface area contributed by atoms with Gasteiger partial charge in [0.25, 0.3) is 0 Å². The number of imidazole rings is 1. The molecule has 0 aliphatic rings. The molecule has 0 amide bonds. The molecule has 130 valence electrons. The van der Waals surface area contributed by atoms with Gasteiger partial charge in [0.15, 0.2) is 0 Å². The Morgan fingerprint density at radius 3 is 2.44 bits per heavy atom. The number of benzene rings is 2. The lowest BCUT2D eigenvalue weighted by Crippen LogP contribution is -2.20. The molecule has 3 rings (SSSR count). The van der Waals surface area contributed by atoms with Crippen molar-refractivity contribution in [3.8, 4) is 0 Å². The zero-order valence-corrected chi connectivity index (χ0v) is 15.3. The summed E-state index contributed by atoms with van der Waals surface area (Å²) < 4.78 is 2.36. The van der Waals surface area contributed by atoms with Gasteiger partial charge in [-0.25, -0.2) is 4.98 Å². The van der Waals surface area contributed by atoms with Crippen molar-refractivity contribution < 1.29 is 0 Å². The maximum Gasteiger partial charge on any atom is 0.113 e. The van der Waals surface area contributed by atoms with Crippen molar-refractivity contribution in [1.29, 1.82) is 0 Å². The van der Waals surface area contributed by atoms with E-state index in [9.17, 15) is 0 Å². The Bertz CT molecular complexity index is 794. The first kappa shape index (κ1) is 17.7. The second-order valence-corrected chi connectivity index (χ2v) is 6.85. The molecule has 2 aromatic carbocycles. The maximum atomic E-state index is 6.01. The van der Waals surface area contributed by atoms with E-state index in [1.54, 1.807) is 0 Å². The number of rotatable bonds is 7. The third kappa shape index (κ3) is 4.50. The summed E-state index contributed by atoms with van der Waals surface area (Å²) in [6.07, 6.45) is 4.63. The largest absolute Gasteiger partial charge is 0.330 e. The van der Waals surface area contributed by atoms with Gasteiger partial charge in [-0.3, -0.25) is 0 Å².